The van der Waals surface area contributed by atoms with Crippen LogP contribution in [-0.2, 0) is 11.2 Å². The molecular formula is C16H25N3O2. The SMILES string of the molecule is CCc1cc(N(C)C2(CC(=O)O)CCCCC2)nc(C)n1. The van der Waals surface area contributed by atoms with Crippen molar-refractivity contribution in [1.29, 1.82) is 0 Å². The lowest BCUT2D eigenvalue weighted by Crippen LogP contribution is -2.50. The Morgan fingerprint density at radius 2 is 2.00 bits per heavy atom. The van der Waals surface area contributed by atoms with E-state index in [1.807, 2.05) is 20.0 Å². The van der Waals surface area contributed by atoms with Gasteiger partial charge in [-0.3, -0.25) is 4.79 Å². The van der Waals surface area contributed by atoms with E-state index in [1.54, 1.807) is 0 Å². The number of hydrogen-bond acceptors (Lipinski definition) is 4. The summed E-state index contributed by atoms with van der Waals surface area (Å²) in [6, 6.07) is 1.99. The van der Waals surface area contributed by atoms with E-state index >= 15 is 0 Å². The van der Waals surface area contributed by atoms with Gasteiger partial charge in [0.05, 0.1) is 12.0 Å². The third-order valence-electron chi connectivity index (χ3n) is 4.56. The van der Waals surface area contributed by atoms with E-state index in [1.165, 1.54) is 6.42 Å². The van der Waals surface area contributed by atoms with Gasteiger partial charge in [0.1, 0.15) is 11.6 Å². The molecule has 1 aromatic rings. The van der Waals surface area contributed by atoms with Gasteiger partial charge in [-0.2, -0.15) is 0 Å². The Bertz CT molecular complexity index is 510. The molecule has 0 aromatic carbocycles. The zero-order chi connectivity index (χ0) is 15.5. The molecule has 1 aliphatic rings. The van der Waals surface area contributed by atoms with Gasteiger partial charge in [-0.05, 0) is 26.2 Å². The largest absolute Gasteiger partial charge is 0.481 e. The van der Waals surface area contributed by atoms with Crippen LogP contribution in [0, 0.1) is 6.92 Å². The number of aromatic nitrogens is 2. The van der Waals surface area contributed by atoms with E-state index in [2.05, 4.69) is 21.8 Å². The first kappa shape index (κ1) is 15.7. The van der Waals surface area contributed by atoms with Crippen molar-refractivity contribution in [2.75, 3.05) is 11.9 Å². The first-order valence-corrected chi connectivity index (χ1v) is 7.77. The molecule has 1 aliphatic carbocycles. The highest BCUT2D eigenvalue weighted by atomic mass is 16.4. The van der Waals surface area contributed by atoms with Crippen LogP contribution in [0.15, 0.2) is 6.07 Å². The zero-order valence-corrected chi connectivity index (χ0v) is 13.2. The van der Waals surface area contributed by atoms with Crippen molar-refractivity contribution >= 4 is 11.8 Å². The van der Waals surface area contributed by atoms with Crippen LogP contribution in [0.4, 0.5) is 5.82 Å². The van der Waals surface area contributed by atoms with Gasteiger partial charge in [0, 0.05) is 18.8 Å². The highest BCUT2D eigenvalue weighted by molar-refractivity contribution is 5.69. The third-order valence-corrected chi connectivity index (χ3v) is 4.56. The Morgan fingerprint density at radius 3 is 2.57 bits per heavy atom. The first-order chi connectivity index (χ1) is 9.97. The smallest absolute Gasteiger partial charge is 0.305 e. The minimum Gasteiger partial charge on any atom is -0.481 e. The van der Waals surface area contributed by atoms with E-state index in [9.17, 15) is 9.90 Å². The van der Waals surface area contributed by atoms with Crippen LogP contribution in [0.2, 0.25) is 0 Å². The van der Waals surface area contributed by atoms with Gasteiger partial charge >= 0.3 is 5.97 Å². The van der Waals surface area contributed by atoms with Crippen molar-refractivity contribution in [3.8, 4) is 0 Å². The Kier molecular flexibility index (Phi) is 4.80. The number of carboxylic acid groups (broad SMARTS) is 1. The molecule has 5 nitrogen and oxygen atoms in total. The Balaban J connectivity index is 2.35. The molecule has 0 atom stereocenters. The molecule has 0 radical (unpaired) electrons. The fourth-order valence-corrected chi connectivity index (χ4v) is 3.33. The van der Waals surface area contributed by atoms with Crippen LogP contribution in [0.3, 0.4) is 0 Å². The van der Waals surface area contributed by atoms with Crippen molar-refractivity contribution in [2.24, 2.45) is 0 Å². The topological polar surface area (TPSA) is 66.3 Å². The summed E-state index contributed by atoms with van der Waals surface area (Å²) in [4.78, 5) is 22.4. The molecule has 21 heavy (non-hydrogen) atoms. The summed E-state index contributed by atoms with van der Waals surface area (Å²) in [6.07, 6.45) is 6.23. The predicted octanol–water partition coefficient (Wildman–Crippen LogP) is 2.96. The second-order valence-electron chi connectivity index (χ2n) is 6.03. The minimum atomic E-state index is -0.731. The van der Waals surface area contributed by atoms with Gasteiger partial charge in [0.15, 0.2) is 0 Å². The predicted molar refractivity (Wildman–Crippen MR) is 82.6 cm³/mol. The summed E-state index contributed by atoms with van der Waals surface area (Å²) in [6.45, 7) is 3.96. The van der Waals surface area contributed by atoms with E-state index < -0.39 is 5.97 Å². The number of carbonyl (C=O) groups is 1. The molecule has 1 saturated carbocycles. The van der Waals surface area contributed by atoms with Crippen molar-refractivity contribution < 1.29 is 9.90 Å². The summed E-state index contributed by atoms with van der Waals surface area (Å²) in [5.41, 5.74) is 0.696. The fourth-order valence-electron chi connectivity index (χ4n) is 3.33. The molecule has 0 unspecified atom stereocenters. The monoisotopic (exact) mass is 291 g/mol. The molecule has 0 saturated heterocycles. The number of aliphatic carboxylic acids is 1. The minimum absolute atomic E-state index is 0.175. The number of aryl methyl sites for hydroxylation is 2. The summed E-state index contributed by atoms with van der Waals surface area (Å²) in [5, 5.41) is 9.32. The lowest BCUT2D eigenvalue weighted by atomic mass is 9.78. The average Bonchev–Trinajstić information content (AvgIpc) is 2.46. The molecule has 1 N–H and O–H groups in total. The second kappa shape index (κ2) is 6.41. The van der Waals surface area contributed by atoms with Crippen LogP contribution in [0.1, 0.15) is 57.0 Å². The Hall–Kier alpha value is -1.65. The lowest BCUT2D eigenvalue weighted by Gasteiger charge is -2.44. The third kappa shape index (κ3) is 3.52. The maximum Gasteiger partial charge on any atom is 0.305 e. The first-order valence-electron chi connectivity index (χ1n) is 7.77. The highest BCUT2D eigenvalue weighted by Gasteiger charge is 2.39. The molecular weight excluding hydrogens is 266 g/mol. The number of hydrogen-bond donors (Lipinski definition) is 1. The van der Waals surface area contributed by atoms with Gasteiger partial charge < -0.3 is 10.0 Å². The molecule has 1 aromatic heterocycles. The van der Waals surface area contributed by atoms with Gasteiger partial charge in [-0.1, -0.05) is 26.2 Å². The molecule has 0 bridgehead atoms. The van der Waals surface area contributed by atoms with Crippen LogP contribution >= 0.6 is 0 Å². The summed E-state index contributed by atoms with van der Waals surface area (Å²) < 4.78 is 0. The average molecular weight is 291 g/mol. The number of carboxylic acids is 1. The molecule has 0 amide bonds. The van der Waals surface area contributed by atoms with Crippen molar-refractivity contribution in [3.63, 3.8) is 0 Å². The molecule has 0 aliphatic heterocycles. The zero-order valence-electron chi connectivity index (χ0n) is 13.2. The highest BCUT2D eigenvalue weighted by Crippen LogP contribution is 2.38. The summed E-state index contributed by atoms with van der Waals surface area (Å²) >= 11 is 0. The lowest BCUT2D eigenvalue weighted by molar-refractivity contribution is -0.138. The van der Waals surface area contributed by atoms with Gasteiger partial charge in [0.25, 0.3) is 0 Å². The molecule has 116 valence electrons. The van der Waals surface area contributed by atoms with Crippen LogP contribution in [-0.4, -0.2) is 33.6 Å². The van der Waals surface area contributed by atoms with Crippen molar-refractivity contribution in [2.45, 2.75) is 64.3 Å². The molecule has 2 rings (SSSR count). The van der Waals surface area contributed by atoms with E-state index in [-0.39, 0.29) is 12.0 Å². The van der Waals surface area contributed by atoms with Crippen LogP contribution in [0.25, 0.3) is 0 Å². The molecule has 1 heterocycles. The maximum atomic E-state index is 11.3. The van der Waals surface area contributed by atoms with Gasteiger partial charge in [-0.25, -0.2) is 9.97 Å². The molecule has 1 fully saturated rings. The standard InChI is InChI=1S/C16H25N3O2/c1-4-13-10-14(18-12(2)17-13)19(3)16(11-15(20)21)8-6-5-7-9-16/h10H,4-9,11H2,1-3H3,(H,20,21). The summed E-state index contributed by atoms with van der Waals surface area (Å²) in [5.74, 6) is 0.866. The fraction of sp³-hybridized carbons (Fsp3) is 0.688. The van der Waals surface area contributed by atoms with Crippen molar-refractivity contribution in [1.82, 2.24) is 9.97 Å². The second-order valence-corrected chi connectivity index (χ2v) is 6.03. The van der Waals surface area contributed by atoms with Gasteiger partial charge in [0.2, 0.25) is 0 Å². The molecule has 5 heteroatoms. The number of rotatable bonds is 5. The summed E-state index contributed by atoms with van der Waals surface area (Å²) in [7, 11) is 1.98. The Labute approximate surface area is 126 Å². The van der Waals surface area contributed by atoms with Gasteiger partial charge in [-0.15, -0.1) is 0 Å². The Morgan fingerprint density at radius 1 is 1.33 bits per heavy atom. The van der Waals surface area contributed by atoms with Crippen LogP contribution < -0.4 is 4.90 Å². The number of anilines is 1. The normalized spacial score (nSPS) is 17.5. The van der Waals surface area contributed by atoms with E-state index in [4.69, 9.17) is 0 Å². The van der Waals surface area contributed by atoms with Crippen molar-refractivity contribution in [3.05, 3.63) is 17.6 Å². The van der Waals surface area contributed by atoms with E-state index in [0.29, 0.717) is 0 Å². The number of nitrogens with zero attached hydrogens (tertiary/aromatic N) is 3. The quantitative estimate of drug-likeness (QED) is 0.903. The van der Waals surface area contributed by atoms with Crippen LogP contribution in [0.5, 0.6) is 0 Å². The molecule has 0 spiro atoms. The maximum absolute atomic E-state index is 11.3. The van der Waals surface area contributed by atoms with E-state index in [0.717, 1.165) is 49.4 Å².